The Kier molecular flexibility index (Phi) is 3.69. The van der Waals surface area contributed by atoms with Crippen LogP contribution in [-0.2, 0) is 11.3 Å². The van der Waals surface area contributed by atoms with Crippen molar-refractivity contribution in [2.45, 2.75) is 25.4 Å². The summed E-state index contributed by atoms with van der Waals surface area (Å²) < 4.78 is 5.27. The summed E-state index contributed by atoms with van der Waals surface area (Å²) in [4.78, 5) is 13.8. The molecule has 1 unspecified atom stereocenters. The van der Waals surface area contributed by atoms with Crippen LogP contribution in [0.15, 0.2) is 30.3 Å². The van der Waals surface area contributed by atoms with Crippen molar-refractivity contribution in [3.8, 4) is 0 Å². The fourth-order valence-electron chi connectivity index (χ4n) is 3.05. The molecule has 19 heavy (non-hydrogen) atoms. The van der Waals surface area contributed by atoms with Gasteiger partial charge in [0.05, 0.1) is 6.04 Å². The van der Waals surface area contributed by atoms with Gasteiger partial charge in [-0.2, -0.15) is 0 Å². The Morgan fingerprint density at radius 3 is 2.68 bits per heavy atom. The minimum Gasteiger partial charge on any atom is -0.447 e. The van der Waals surface area contributed by atoms with E-state index in [-0.39, 0.29) is 12.1 Å². The lowest BCUT2D eigenvalue weighted by atomic mass is 9.90. The molecule has 102 valence electrons. The number of cyclic esters (lactones) is 1. The highest BCUT2D eigenvalue weighted by Crippen LogP contribution is 2.27. The molecular formula is C15H20N2O2. The summed E-state index contributed by atoms with van der Waals surface area (Å²) >= 11 is 0. The van der Waals surface area contributed by atoms with Crippen LogP contribution in [0.4, 0.5) is 4.79 Å². The van der Waals surface area contributed by atoms with Gasteiger partial charge in [0.15, 0.2) is 0 Å². The molecule has 0 spiro atoms. The van der Waals surface area contributed by atoms with Gasteiger partial charge in [-0.3, -0.25) is 4.90 Å². The first-order valence-corrected chi connectivity index (χ1v) is 7.02. The molecule has 4 heteroatoms. The van der Waals surface area contributed by atoms with Crippen molar-refractivity contribution in [1.29, 1.82) is 0 Å². The van der Waals surface area contributed by atoms with E-state index in [9.17, 15) is 4.79 Å². The average Bonchev–Trinajstić information content (AvgIpc) is 2.82. The third kappa shape index (κ3) is 2.73. The van der Waals surface area contributed by atoms with E-state index < -0.39 is 0 Å². The van der Waals surface area contributed by atoms with Crippen LogP contribution in [0.1, 0.15) is 18.4 Å². The van der Waals surface area contributed by atoms with Crippen LogP contribution >= 0.6 is 0 Å². The predicted octanol–water partition coefficient (Wildman–Crippen LogP) is 2.01. The number of nitrogens with one attached hydrogen (secondary N) is 1. The zero-order chi connectivity index (χ0) is 13.1. The van der Waals surface area contributed by atoms with Crippen molar-refractivity contribution in [2.24, 2.45) is 5.92 Å². The van der Waals surface area contributed by atoms with E-state index in [1.165, 1.54) is 5.56 Å². The summed E-state index contributed by atoms with van der Waals surface area (Å²) in [5.74, 6) is 0.566. The highest BCUT2D eigenvalue weighted by molar-refractivity contribution is 5.70. The van der Waals surface area contributed by atoms with Crippen LogP contribution in [-0.4, -0.2) is 36.7 Å². The monoisotopic (exact) mass is 260 g/mol. The third-order valence-electron chi connectivity index (χ3n) is 4.14. The number of nitrogens with zero attached hydrogens (tertiary/aromatic N) is 1. The number of hydrogen-bond acceptors (Lipinski definition) is 3. The number of rotatable bonds is 3. The Morgan fingerprint density at radius 1 is 1.21 bits per heavy atom. The Morgan fingerprint density at radius 2 is 1.95 bits per heavy atom. The maximum absolute atomic E-state index is 11.9. The van der Waals surface area contributed by atoms with Crippen molar-refractivity contribution in [3.05, 3.63) is 35.9 Å². The van der Waals surface area contributed by atoms with Crippen LogP contribution in [0.25, 0.3) is 0 Å². The van der Waals surface area contributed by atoms with E-state index in [1.54, 1.807) is 0 Å². The van der Waals surface area contributed by atoms with Crippen molar-refractivity contribution < 1.29 is 9.53 Å². The lowest BCUT2D eigenvalue weighted by molar-refractivity contribution is 0.151. The van der Waals surface area contributed by atoms with Gasteiger partial charge in [-0.1, -0.05) is 30.3 Å². The molecule has 2 aliphatic rings. The minimum atomic E-state index is -0.160. The maximum Gasteiger partial charge on any atom is 0.410 e. The third-order valence-corrected chi connectivity index (χ3v) is 4.14. The minimum absolute atomic E-state index is 0.160. The Hall–Kier alpha value is -1.55. The molecule has 2 heterocycles. The van der Waals surface area contributed by atoms with Crippen LogP contribution in [0.5, 0.6) is 0 Å². The molecule has 2 aliphatic heterocycles. The summed E-state index contributed by atoms with van der Waals surface area (Å²) in [7, 11) is 0. The largest absolute Gasteiger partial charge is 0.447 e. The molecule has 0 bridgehead atoms. The quantitative estimate of drug-likeness (QED) is 0.904. The normalized spacial score (nSPS) is 24.5. The summed E-state index contributed by atoms with van der Waals surface area (Å²) in [5, 5.41) is 3.37. The van der Waals surface area contributed by atoms with Crippen molar-refractivity contribution in [2.75, 3.05) is 19.7 Å². The molecule has 1 aromatic rings. The summed E-state index contributed by atoms with van der Waals surface area (Å²) in [6.07, 6.45) is 2.10. The topological polar surface area (TPSA) is 41.6 Å². The molecule has 0 radical (unpaired) electrons. The second kappa shape index (κ2) is 5.61. The summed E-state index contributed by atoms with van der Waals surface area (Å²) in [6.45, 7) is 3.31. The Balaban J connectivity index is 1.71. The molecule has 1 N–H and O–H groups in total. The first kappa shape index (κ1) is 12.5. The van der Waals surface area contributed by atoms with Crippen LogP contribution < -0.4 is 5.32 Å². The molecule has 3 rings (SSSR count). The van der Waals surface area contributed by atoms with E-state index in [0.29, 0.717) is 19.1 Å². The Bertz CT molecular complexity index is 429. The van der Waals surface area contributed by atoms with Crippen molar-refractivity contribution >= 4 is 6.09 Å². The van der Waals surface area contributed by atoms with Gasteiger partial charge in [-0.05, 0) is 37.4 Å². The smallest absolute Gasteiger partial charge is 0.410 e. The second-order valence-electron chi connectivity index (χ2n) is 5.35. The summed E-state index contributed by atoms with van der Waals surface area (Å²) in [5.41, 5.74) is 1.17. The lowest BCUT2D eigenvalue weighted by Gasteiger charge is -2.32. The van der Waals surface area contributed by atoms with E-state index in [2.05, 4.69) is 17.4 Å². The second-order valence-corrected chi connectivity index (χ2v) is 5.35. The number of piperidine rings is 1. The number of benzene rings is 1. The SMILES string of the molecule is O=C1OCC(C2CCNCC2)N1Cc1ccccc1. The molecule has 1 aromatic carbocycles. The van der Waals surface area contributed by atoms with Gasteiger partial charge >= 0.3 is 6.09 Å². The fourth-order valence-corrected chi connectivity index (χ4v) is 3.05. The zero-order valence-electron chi connectivity index (χ0n) is 11.0. The van der Waals surface area contributed by atoms with Crippen molar-refractivity contribution in [3.63, 3.8) is 0 Å². The average molecular weight is 260 g/mol. The van der Waals surface area contributed by atoms with E-state index in [4.69, 9.17) is 4.74 Å². The zero-order valence-corrected chi connectivity index (χ0v) is 11.0. The first-order chi connectivity index (χ1) is 9.34. The molecule has 2 saturated heterocycles. The van der Waals surface area contributed by atoms with Gasteiger partial charge in [0, 0.05) is 6.54 Å². The molecule has 4 nitrogen and oxygen atoms in total. The molecule has 0 saturated carbocycles. The maximum atomic E-state index is 11.9. The fraction of sp³-hybridized carbons (Fsp3) is 0.533. The van der Waals surface area contributed by atoms with Gasteiger partial charge in [-0.25, -0.2) is 4.79 Å². The number of hydrogen-bond donors (Lipinski definition) is 1. The molecule has 0 aromatic heterocycles. The number of amides is 1. The molecule has 2 fully saturated rings. The summed E-state index contributed by atoms with van der Waals surface area (Å²) in [6, 6.07) is 10.4. The molecular weight excluding hydrogens is 240 g/mol. The van der Waals surface area contributed by atoms with E-state index in [0.717, 1.165) is 25.9 Å². The van der Waals surface area contributed by atoms with Crippen LogP contribution in [0.2, 0.25) is 0 Å². The van der Waals surface area contributed by atoms with Gasteiger partial charge in [0.25, 0.3) is 0 Å². The van der Waals surface area contributed by atoms with Crippen molar-refractivity contribution in [1.82, 2.24) is 10.2 Å². The van der Waals surface area contributed by atoms with Crippen LogP contribution in [0.3, 0.4) is 0 Å². The molecule has 0 aliphatic carbocycles. The predicted molar refractivity (Wildman–Crippen MR) is 72.7 cm³/mol. The highest BCUT2D eigenvalue weighted by atomic mass is 16.6. The van der Waals surface area contributed by atoms with E-state index >= 15 is 0 Å². The first-order valence-electron chi connectivity index (χ1n) is 7.02. The van der Waals surface area contributed by atoms with Gasteiger partial charge < -0.3 is 10.1 Å². The van der Waals surface area contributed by atoms with E-state index in [1.807, 2.05) is 23.1 Å². The number of carbonyl (C=O) groups is 1. The highest BCUT2D eigenvalue weighted by Gasteiger charge is 2.38. The number of ether oxygens (including phenoxy) is 1. The van der Waals surface area contributed by atoms with Gasteiger partial charge in [0.2, 0.25) is 0 Å². The molecule has 1 atom stereocenters. The Labute approximate surface area is 113 Å². The van der Waals surface area contributed by atoms with Gasteiger partial charge in [0.1, 0.15) is 6.61 Å². The lowest BCUT2D eigenvalue weighted by Crippen LogP contribution is -2.43. The van der Waals surface area contributed by atoms with Gasteiger partial charge in [-0.15, -0.1) is 0 Å². The standard InChI is InChI=1S/C15H20N2O2/c18-15-17(10-12-4-2-1-3-5-12)14(11-19-15)13-6-8-16-9-7-13/h1-5,13-14,16H,6-11H2. The molecule has 1 amide bonds. The number of carbonyl (C=O) groups excluding carboxylic acids is 1. The van der Waals surface area contributed by atoms with Crippen LogP contribution in [0, 0.1) is 5.92 Å².